The van der Waals surface area contributed by atoms with E-state index >= 15 is 0 Å². The van der Waals surface area contributed by atoms with Gasteiger partial charge in [0.2, 0.25) is 0 Å². The fourth-order valence-electron chi connectivity index (χ4n) is 3.60. The molecule has 1 N–H and O–H groups in total. The number of fused-ring (bicyclic) bond motifs is 1. The smallest absolute Gasteiger partial charge is 0.354 e. The number of ether oxygens (including phenoxy) is 2. The molecule has 0 amide bonds. The first-order valence-electron chi connectivity index (χ1n) is 11.7. The Kier molecular flexibility index (Phi) is 7.98. The van der Waals surface area contributed by atoms with Gasteiger partial charge in [0.25, 0.3) is 0 Å². The van der Waals surface area contributed by atoms with Crippen molar-refractivity contribution >= 4 is 16.9 Å². The molecule has 5 heteroatoms. The van der Waals surface area contributed by atoms with Gasteiger partial charge in [-0.3, -0.25) is 0 Å². The first kappa shape index (κ1) is 23.8. The van der Waals surface area contributed by atoms with Gasteiger partial charge in [0, 0.05) is 17.9 Å². The summed E-state index contributed by atoms with van der Waals surface area (Å²) in [7, 11) is 0. The highest BCUT2D eigenvalue weighted by atomic mass is 16.5. The number of rotatable bonds is 9. The van der Waals surface area contributed by atoms with E-state index in [0.29, 0.717) is 41.2 Å². The molecule has 0 saturated heterocycles. The lowest BCUT2D eigenvalue weighted by Gasteiger charge is -2.15. The number of hydrogen-bond donors (Lipinski definition) is 1. The molecule has 0 radical (unpaired) electrons. The van der Waals surface area contributed by atoms with Crippen molar-refractivity contribution in [1.82, 2.24) is 4.98 Å². The maximum atomic E-state index is 11.9. The van der Waals surface area contributed by atoms with Gasteiger partial charge < -0.3 is 14.6 Å². The number of unbranched alkanes of at least 4 members (excludes halogenated alkanes) is 2. The molecule has 5 nitrogen and oxygen atoms in total. The van der Waals surface area contributed by atoms with Crippen molar-refractivity contribution in [3.05, 3.63) is 101 Å². The third-order valence-electron chi connectivity index (χ3n) is 5.46. The lowest BCUT2D eigenvalue weighted by atomic mass is 10.1. The van der Waals surface area contributed by atoms with E-state index in [4.69, 9.17) is 9.47 Å². The van der Waals surface area contributed by atoms with Crippen LogP contribution in [0.5, 0.6) is 11.5 Å². The second-order valence-electron chi connectivity index (χ2n) is 8.10. The molecule has 0 bridgehead atoms. The number of aromatic nitrogens is 1. The zero-order chi connectivity index (χ0) is 24.5. The molecule has 0 atom stereocenters. The van der Waals surface area contributed by atoms with E-state index in [0.717, 1.165) is 30.4 Å². The molecule has 176 valence electrons. The highest BCUT2D eigenvalue weighted by Gasteiger charge is 2.18. The molecule has 3 aromatic carbocycles. The van der Waals surface area contributed by atoms with Crippen LogP contribution in [0.4, 0.5) is 0 Å². The van der Waals surface area contributed by atoms with E-state index in [2.05, 4.69) is 23.7 Å². The number of carbonyl (C=O) groups is 1. The maximum absolute atomic E-state index is 11.9. The lowest BCUT2D eigenvalue weighted by Crippen LogP contribution is -2.06. The molecule has 35 heavy (non-hydrogen) atoms. The largest absolute Gasteiger partial charge is 0.488 e. The number of nitrogens with zero attached hydrogens (tertiary/aromatic N) is 1. The third kappa shape index (κ3) is 6.18. The van der Waals surface area contributed by atoms with Gasteiger partial charge in [-0.1, -0.05) is 85.8 Å². The van der Waals surface area contributed by atoms with Crippen LogP contribution in [0.1, 0.15) is 53.4 Å². The van der Waals surface area contributed by atoms with Gasteiger partial charge in [-0.25, -0.2) is 9.78 Å². The summed E-state index contributed by atoms with van der Waals surface area (Å²) in [6.45, 7) is 2.74. The van der Waals surface area contributed by atoms with Crippen molar-refractivity contribution in [2.75, 3.05) is 0 Å². The van der Waals surface area contributed by atoms with Crippen LogP contribution in [0.2, 0.25) is 0 Å². The quantitative estimate of drug-likeness (QED) is 0.222. The van der Waals surface area contributed by atoms with Gasteiger partial charge in [0.15, 0.2) is 11.4 Å². The van der Waals surface area contributed by atoms with Gasteiger partial charge in [-0.05, 0) is 29.7 Å². The molecular weight excluding hydrogens is 438 g/mol. The topological polar surface area (TPSA) is 68.7 Å². The van der Waals surface area contributed by atoms with Crippen molar-refractivity contribution in [3.8, 4) is 23.3 Å². The minimum absolute atomic E-state index is 0.110. The Balaban J connectivity index is 1.78. The van der Waals surface area contributed by atoms with Gasteiger partial charge in [0.05, 0.1) is 5.56 Å². The summed E-state index contributed by atoms with van der Waals surface area (Å²) in [5.74, 6) is 6.16. The maximum Gasteiger partial charge on any atom is 0.354 e. The van der Waals surface area contributed by atoms with Crippen molar-refractivity contribution < 1.29 is 19.4 Å². The standard InChI is InChI=1S/C30H27NO4/c1-2-3-4-11-16-24-17-18-25-27(34-20-22-12-7-5-8-13-22)19-26(30(32)33)31-28(25)29(24)35-21-23-14-9-6-10-15-23/h5-10,12-15,17-19H,2-4,20-21H2,1H3,(H,32,33). The highest BCUT2D eigenvalue weighted by molar-refractivity contribution is 5.96. The van der Waals surface area contributed by atoms with Crippen LogP contribution < -0.4 is 9.47 Å². The minimum Gasteiger partial charge on any atom is -0.488 e. The lowest BCUT2D eigenvalue weighted by molar-refractivity contribution is 0.0690. The Morgan fingerprint density at radius 2 is 1.57 bits per heavy atom. The van der Waals surface area contributed by atoms with Crippen LogP contribution >= 0.6 is 0 Å². The Hall–Kier alpha value is -4.30. The molecule has 0 saturated carbocycles. The number of carboxylic acid groups (broad SMARTS) is 1. The summed E-state index contributed by atoms with van der Waals surface area (Å²) in [5.41, 5.74) is 2.96. The van der Waals surface area contributed by atoms with Crippen molar-refractivity contribution in [1.29, 1.82) is 0 Å². The van der Waals surface area contributed by atoms with E-state index < -0.39 is 5.97 Å². The zero-order valence-electron chi connectivity index (χ0n) is 19.7. The summed E-state index contributed by atoms with van der Waals surface area (Å²) in [5, 5.41) is 10.4. The van der Waals surface area contributed by atoms with Crippen LogP contribution in [0.15, 0.2) is 78.9 Å². The molecule has 1 heterocycles. The SMILES string of the molecule is CCCCC#Cc1ccc2c(OCc3ccccc3)cc(C(=O)O)nc2c1OCc1ccccc1. The molecule has 0 aliphatic heterocycles. The Morgan fingerprint density at radius 1 is 0.914 bits per heavy atom. The van der Waals surface area contributed by atoms with E-state index in [-0.39, 0.29) is 5.69 Å². The second kappa shape index (κ2) is 11.7. The van der Waals surface area contributed by atoms with E-state index in [1.165, 1.54) is 6.07 Å². The molecule has 0 aliphatic carbocycles. The second-order valence-corrected chi connectivity index (χ2v) is 8.10. The van der Waals surface area contributed by atoms with Crippen LogP contribution in [-0.2, 0) is 13.2 Å². The normalized spacial score (nSPS) is 10.4. The number of aromatic carboxylic acids is 1. The highest BCUT2D eigenvalue weighted by Crippen LogP contribution is 2.35. The van der Waals surface area contributed by atoms with E-state index in [1.807, 2.05) is 72.8 Å². The minimum atomic E-state index is -1.13. The Morgan fingerprint density at radius 3 is 2.20 bits per heavy atom. The predicted molar refractivity (Wildman–Crippen MR) is 137 cm³/mol. The fourth-order valence-corrected chi connectivity index (χ4v) is 3.60. The van der Waals surface area contributed by atoms with Gasteiger partial charge >= 0.3 is 5.97 Å². The molecule has 4 aromatic rings. The van der Waals surface area contributed by atoms with Crippen molar-refractivity contribution in [2.45, 2.75) is 39.4 Å². The summed E-state index contributed by atoms with van der Waals surface area (Å²) in [4.78, 5) is 16.3. The average molecular weight is 466 g/mol. The summed E-state index contributed by atoms with van der Waals surface area (Å²) in [6.07, 6.45) is 2.86. The number of pyridine rings is 1. The zero-order valence-corrected chi connectivity index (χ0v) is 19.7. The summed E-state index contributed by atoms with van der Waals surface area (Å²) < 4.78 is 12.3. The Labute approximate surface area is 205 Å². The summed E-state index contributed by atoms with van der Waals surface area (Å²) in [6, 6.07) is 24.7. The molecule has 0 spiro atoms. The van der Waals surface area contributed by atoms with Crippen molar-refractivity contribution in [3.63, 3.8) is 0 Å². The molecular formula is C30H27NO4. The number of carboxylic acids is 1. The monoisotopic (exact) mass is 465 g/mol. The number of benzene rings is 3. The van der Waals surface area contributed by atoms with Crippen LogP contribution in [0, 0.1) is 11.8 Å². The average Bonchev–Trinajstić information content (AvgIpc) is 2.89. The van der Waals surface area contributed by atoms with Crippen LogP contribution in [-0.4, -0.2) is 16.1 Å². The van der Waals surface area contributed by atoms with Crippen LogP contribution in [0.3, 0.4) is 0 Å². The predicted octanol–water partition coefficient (Wildman–Crippen LogP) is 6.63. The Bertz CT molecular complexity index is 1360. The van der Waals surface area contributed by atoms with E-state index in [1.54, 1.807) is 0 Å². The van der Waals surface area contributed by atoms with E-state index in [9.17, 15) is 9.90 Å². The van der Waals surface area contributed by atoms with Crippen LogP contribution in [0.25, 0.3) is 10.9 Å². The molecule has 0 unspecified atom stereocenters. The van der Waals surface area contributed by atoms with Crippen molar-refractivity contribution in [2.24, 2.45) is 0 Å². The number of hydrogen-bond acceptors (Lipinski definition) is 4. The fraction of sp³-hybridized carbons (Fsp3) is 0.200. The molecule has 0 aliphatic rings. The summed E-state index contributed by atoms with van der Waals surface area (Å²) >= 11 is 0. The van der Waals surface area contributed by atoms with Gasteiger partial charge in [0.1, 0.15) is 24.5 Å². The first-order chi connectivity index (χ1) is 17.2. The van der Waals surface area contributed by atoms with Gasteiger partial charge in [-0.15, -0.1) is 0 Å². The molecule has 0 fully saturated rings. The molecule has 4 rings (SSSR count). The third-order valence-corrected chi connectivity index (χ3v) is 5.46. The molecule has 1 aromatic heterocycles. The van der Waals surface area contributed by atoms with Gasteiger partial charge in [-0.2, -0.15) is 0 Å². The first-order valence-corrected chi connectivity index (χ1v) is 11.7.